The summed E-state index contributed by atoms with van der Waals surface area (Å²) in [6, 6.07) is 3.74. The molecule has 0 spiro atoms. The van der Waals surface area contributed by atoms with Gasteiger partial charge in [-0.15, -0.1) is 0 Å². The Bertz CT molecular complexity index is 564. The van der Waals surface area contributed by atoms with Crippen LogP contribution in [-0.2, 0) is 20.7 Å². The number of benzene rings is 1. The van der Waals surface area contributed by atoms with Crippen molar-refractivity contribution in [2.75, 3.05) is 12.9 Å². The number of aromatic hydroxyl groups is 1. The normalized spacial score (nSPS) is 12.7. The van der Waals surface area contributed by atoms with Crippen molar-refractivity contribution in [3.05, 3.63) is 22.2 Å². The largest absolute Gasteiger partial charge is 0.507 e. The molecule has 0 saturated carbocycles. The molecule has 0 bridgehead atoms. The van der Waals surface area contributed by atoms with E-state index in [9.17, 15) is 13.5 Å². The third-order valence-corrected chi connectivity index (χ3v) is 5.82. The van der Waals surface area contributed by atoms with Gasteiger partial charge in [0, 0.05) is 0 Å². The number of hydrogen-bond donors (Lipinski definition) is 1. The van der Waals surface area contributed by atoms with Gasteiger partial charge < -0.3 is 5.11 Å². The molecule has 4 nitrogen and oxygen atoms in total. The highest BCUT2D eigenvalue weighted by atomic mass is 79.9. The van der Waals surface area contributed by atoms with Crippen LogP contribution in [0.4, 0.5) is 0 Å². The monoisotopic (exact) mass is 366 g/mol. The molecule has 0 aliphatic rings. The summed E-state index contributed by atoms with van der Waals surface area (Å²) >= 11 is 3.33. The molecule has 7 heteroatoms. The standard InChI is InChI=1S/C12H19BrO4SSi/c1-18(15,16)17-6-5-9-7-10(13)12(14)11(8-9)19(2,3)4/h7-8,14H,5-6H2,1-4H3. The van der Waals surface area contributed by atoms with E-state index in [0.717, 1.165) is 17.0 Å². The summed E-state index contributed by atoms with van der Waals surface area (Å²) in [6.07, 6.45) is 1.52. The van der Waals surface area contributed by atoms with E-state index in [1.54, 1.807) is 6.07 Å². The maximum Gasteiger partial charge on any atom is 0.264 e. The zero-order chi connectivity index (χ0) is 14.8. The summed E-state index contributed by atoms with van der Waals surface area (Å²) in [4.78, 5) is 0. The zero-order valence-electron chi connectivity index (χ0n) is 11.5. The molecule has 19 heavy (non-hydrogen) atoms. The van der Waals surface area contributed by atoms with Gasteiger partial charge in [0.15, 0.2) is 0 Å². The Morgan fingerprint density at radius 1 is 1.32 bits per heavy atom. The van der Waals surface area contributed by atoms with E-state index in [1.807, 2.05) is 6.07 Å². The van der Waals surface area contributed by atoms with Gasteiger partial charge in [-0.1, -0.05) is 25.7 Å². The van der Waals surface area contributed by atoms with Gasteiger partial charge in [-0.3, -0.25) is 4.18 Å². The topological polar surface area (TPSA) is 63.6 Å². The van der Waals surface area contributed by atoms with E-state index in [2.05, 4.69) is 35.6 Å². The van der Waals surface area contributed by atoms with E-state index in [1.165, 1.54) is 0 Å². The van der Waals surface area contributed by atoms with Crippen LogP contribution < -0.4 is 5.19 Å². The molecular weight excluding hydrogens is 348 g/mol. The van der Waals surface area contributed by atoms with Crippen LogP contribution in [0.3, 0.4) is 0 Å². The second-order valence-electron chi connectivity index (χ2n) is 5.50. The van der Waals surface area contributed by atoms with E-state index in [4.69, 9.17) is 4.18 Å². The molecule has 0 aliphatic carbocycles. The third kappa shape index (κ3) is 5.25. The first-order valence-electron chi connectivity index (χ1n) is 5.87. The van der Waals surface area contributed by atoms with Crippen LogP contribution in [0, 0.1) is 0 Å². The number of phenolic OH excluding ortho intramolecular Hbond substituents is 1. The minimum Gasteiger partial charge on any atom is -0.507 e. The lowest BCUT2D eigenvalue weighted by Gasteiger charge is -2.20. The first-order chi connectivity index (χ1) is 8.50. The Labute approximate surface area is 124 Å². The maximum absolute atomic E-state index is 10.9. The smallest absolute Gasteiger partial charge is 0.264 e. The van der Waals surface area contributed by atoms with E-state index >= 15 is 0 Å². The molecule has 108 valence electrons. The van der Waals surface area contributed by atoms with Gasteiger partial charge >= 0.3 is 0 Å². The number of hydrogen-bond acceptors (Lipinski definition) is 4. The molecule has 0 saturated heterocycles. The summed E-state index contributed by atoms with van der Waals surface area (Å²) < 4.78 is 27.2. The molecule has 0 fully saturated rings. The van der Waals surface area contributed by atoms with Crippen LogP contribution in [-0.4, -0.2) is 34.5 Å². The van der Waals surface area contributed by atoms with Gasteiger partial charge in [-0.2, -0.15) is 8.42 Å². The van der Waals surface area contributed by atoms with E-state index in [-0.39, 0.29) is 12.4 Å². The fourth-order valence-electron chi connectivity index (χ4n) is 1.68. The first-order valence-corrected chi connectivity index (χ1v) is 12.0. The lowest BCUT2D eigenvalue weighted by Crippen LogP contribution is -2.38. The van der Waals surface area contributed by atoms with Crippen molar-refractivity contribution in [2.45, 2.75) is 26.1 Å². The highest BCUT2D eigenvalue weighted by Crippen LogP contribution is 2.26. The van der Waals surface area contributed by atoms with Gasteiger partial charge in [-0.25, -0.2) is 0 Å². The Kier molecular flexibility index (Phi) is 5.22. The predicted octanol–water partition coefficient (Wildman–Crippen LogP) is 2.22. The summed E-state index contributed by atoms with van der Waals surface area (Å²) in [5, 5.41) is 11.0. The minimum atomic E-state index is -3.40. The van der Waals surface area contributed by atoms with Crippen molar-refractivity contribution in [3.63, 3.8) is 0 Å². The molecule has 1 rings (SSSR count). The number of rotatable bonds is 5. The molecule has 0 unspecified atom stereocenters. The fraction of sp³-hybridized carbons (Fsp3) is 0.500. The molecule has 0 amide bonds. The molecular formula is C12H19BrO4SSi. The van der Waals surface area contributed by atoms with Crippen LogP contribution in [0.5, 0.6) is 5.75 Å². The van der Waals surface area contributed by atoms with Crippen molar-refractivity contribution in [1.29, 1.82) is 0 Å². The molecule has 0 heterocycles. The van der Waals surface area contributed by atoms with Crippen molar-refractivity contribution in [2.24, 2.45) is 0 Å². The minimum absolute atomic E-state index is 0.112. The Morgan fingerprint density at radius 2 is 1.89 bits per heavy atom. The average molecular weight is 367 g/mol. The predicted molar refractivity (Wildman–Crippen MR) is 83.3 cm³/mol. The fourth-order valence-corrected chi connectivity index (χ4v) is 4.22. The second-order valence-corrected chi connectivity index (χ2v) is 13.0. The van der Waals surface area contributed by atoms with Crippen LogP contribution in [0.1, 0.15) is 5.56 Å². The van der Waals surface area contributed by atoms with Gasteiger partial charge in [0.1, 0.15) is 5.75 Å². The summed E-state index contributed by atoms with van der Waals surface area (Å²) in [5.74, 6) is 0.284. The van der Waals surface area contributed by atoms with E-state index < -0.39 is 18.2 Å². The number of phenols is 1. The van der Waals surface area contributed by atoms with Crippen LogP contribution in [0.2, 0.25) is 19.6 Å². The molecule has 1 aromatic carbocycles. The first kappa shape index (κ1) is 16.7. The van der Waals surface area contributed by atoms with Crippen molar-refractivity contribution in [3.8, 4) is 5.75 Å². The van der Waals surface area contributed by atoms with Gasteiger partial charge in [-0.05, 0) is 39.2 Å². The van der Waals surface area contributed by atoms with Gasteiger partial charge in [0.25, 0.3) is 10.1 Å². The van der Waals surface area contributed by atoms with Crippen molar-refractivity contribution >= 4 is 39.3 Å². The average Bonchev–Trinajstić information content (AvgIpc) is 2.19. The van der Waals surface area contributed by atoms with Crippen LogP contribution in [0.25, 0.3) is 0 Å². The highest BCUT2D eigenvalue weighted by Gasteiger charge is 2.22. The molecule has 0 radical (unpaired) electrons. The van der Waals surface area contributed by atoms with Gasteiger partial charge in [0.2, 0.25) is 0 Å². The van der Waals surface area contributed by atoms with Crippen LogP contribution in [0.15, 0.2) is 16.6 Å². The molecule has 0 aliphatic heterocycles. The Hall–Kier alpha value is -0.373. The second kappa shape index (κ2) is 5.95. The Morgan fingerprint density at radius 3 is 2.37 bits per heavy atom. The Balaban J connectivity index is 2.95. The van der Waals surface area contributed by atoms with Crippen LogP contribution >= 0.6 is 15.9 Å². The van der Waals surface area contributed by atoms with Gasteiger partial charge in [0.05, 0.1) is 25.4 Å². The molecule has 0 atom stereocenters. The lowest BCUT2D eigenvalue weighted by atomic mass is 10.1. The summed E-state index contributed by atoms with van der Waals surface area (Å²) in [5.41, 5.74) is 0.950. The summed E-state index contributed by atoms with van der Waals surface area (Å²) in [7, 11) is -5.06. The lowest BCUT2D eigenvalue weighted by molar-refractivity contribution is 0.326. The number of halogens is 1. The maximum atomic E-state index is 10.9. The molecule has 1 N–H and O–H groups in total. The quantitative estimate of drug-likeness (QED) is 0.640. The SMILES string of the molecule is C[Si](C)(C)c1cc(CCOS(C)(=O)=O)cc(Br)c1O. The highest BCUT2D eigenvalue weighted by molar-refractivity contribution is 9.10. The molecule has 1 aromatic rings. The third-order valence-electron chi connectivity index (χ3n) is 2.62. The van der Waals surface area contributed by atoms with Crippen molar-refractivity contribution < 1.29 is 17.7 Å². The zero-order valence-corrected chi connectivity index (χ0v) is 14.9. The van der Waals surface area contributed by atoms with E-state index in [0.29, 0.717) is 10.9 Å². The summed E-state index contributed by atoms with van der Waals surface area (Å²) in [6.45, 7) is 6.54. The van der Waals surface area contributed by atoms with Crippen molar-refractivity contribution in [1.82, 2.24) is 0 Å². The molecule has 0 aromatic heterocycles.